The number of nitrogens with zero attached hydrogens (tertiary/aromatic N) is 4. The SMILES string of the molecule is COC(=O)NCC(C)CC(=O)N1CCCC1c1ncc(-c2ccc(-c3cnc(C4CCCN4C(=O)C(NC(=O)OC)C(C)C)[nH]3)cc2)[nH]1. The van der Waals surface area contributed by atoms with Crippen LogP contribution in [0.1, 0.15) is 76.6 Å². The van der Waals surface area contributed by atoms with E-state index < -0.39 is 18.2 Å². The monoisotopic (exact) mass is 662 g/mol. The first kappa shape index (κ1) is 34.5. The van der Waals surface area contributed by atoms with Crippen molar-refractivity contribution in [2.45, 2.75) is 71.0 Å². The Morgan fingerprint density at radius 1 is 0.833 bits per heavy atom. The molecule has 2 fully saturated rings. The normalized spacial score (nSPS) is 18.9. The maximum Gasteiger partial charge on any atom is 0.407 e. The molecule has 14 nitrogen and oxygen atoms in total. The van der Waals surface area contributed by atoms with Crippen LogP contribution in [-0.4, -0.2) is 93.6 Å². The Bertz CT molecular complexity index is 1580. The van der Waals surface area contributed by atoms with Crippen molar-refractivity contribution in [3.63, 3.8) is 0 Å². The van der Waals surface area contributed by atoms with Gasteiger partial charge in [-0.25, -0.2) is 19.6 Å². The van der Waals surface area contributed by atoms with Gasteiger partial charge in [-0.15, -0.1) is 0 Å². The number of likely N-dealkylation sites (tertiary alicyclic amines) is 2. The number of H-pyrrole nitrogens is 2. The molecule has 2 aliphatic heterocycles. The fourth-order valence-electron chi connectivity index (χ4n) is 6.49. The van der Waals surface area contributed by atoms with Crippen molar-refractivity contribution < 1.29 is 28.7 Å². The molecular weight excluding hydrogens is 616 g/mol. The minimum atomic E-state index is -0.689. The largest absolute Gasteiger partial charge is 0.453 e. The summed E-state index contributed by atoms with van der Waals surface area (Å²) in [5.41, 5.74) is 3.60. The molecule has 4 atom stereocenters. The quantitative estimate of drug-likeness (QED) is 0.231. The Labute approximate surface area is 280 Å². The zero-order chi connectivity index (χ0) is 34.4. The van der Waals surface area contributed by atoms with Crippen LogP contribution in [0.25, 0.3) is 22.5 Å². The standard InChI is InChI=1S/C34H46N8O6/c1-20(2)29(40-34(46)48-5)32(44)42-15-7-9-27(42)31-36-19-25(39-31)23-12-10-22(11-13-23)24-18-35-30(38-24)26-8-6-14-41(26)28(43)16-21(3)17-37-33(45)47-4/h10-13,18-21,26-27,29H,6-9,14-17H2,1-5H3,(H,35,38)(H,36,39)(H,37,45)(H,40,46). The molecule has 3 aromatic rings. The van der Waals surface area contributed by atoms with E-state index in [9.17, 15) is 19.2 Å². The molecule has 2 saturated heterocycles. The number of carbonyl (C=O) groups excluding carboxylic acids is 4. The molecule has 5 rings (SSSR count). The maximum absolute atomic E-state index is 13.5. The molecule has 4 amide bonds. The predicted molar refractivity (Wildman–Crippen MR) is 177 cm³/mol. The van der Waals surface area contributed by atoms with Gasteiger partial charge < -0.3 is 39.9 Å². The lowest BCUT2D eigenvalue weighted by Crippen LogP contribution is -2.51. The van der Waals surface area contributed by atoms with Crippen LogP contribution >= 0.6 is 0 Å². The molecule has 1 aromatic carbocycles. The molecule has 258 valence electrons. The third kappa shape index (κ3) is 7.80. The number of ether oxygens (including phenoxy) is 2. The molecule has 0 spiro atoms. The van der Waals surface area contributed by atoms with Crippen molar-refractivity contribution in [3.05, 3.63) is 48.3 Å². The number of carbonyl (C=O) groups is 4. The van der Waals surface area contributed by atoms with Gasteiger partial charge in [0.2, 0.25) is 11.8 Å². The highest BCUT2D eigenvalue weighted by Gasteiger charge is 2.37. The lowest BCUT2D eigenvalue weighted by Gasteiger charge is -2.30. The Morgan fingerprint density at radius 2 is 1.35 bits per heavy atom. The van der Waals surface area contributed by atoms with Crippen molar-refractivity contribution in [2.24, 2.45) is 11.8 Å². The molecule has 4 N–H and O–H groups in total. The fourth-order valence-corrected chi connectivity index (χ4v) is 6.49. The van der Waals surface area contributed by atoms with Crippen LogP contribution < -0.4 is 10.6 Å². The average Bonchev–Trinajstić information content (AvgIpc) is 3.91. The topological polar surface area (TPSA) is 175 Å². The zero-order valence-electron chi connectivity index (χ0n) is 28.2. The van der Waals surface area contributed by atoms with E-state index in [2.05, 4.69) is 35.3 Å². The van der Waals surface area contributed by atoms with Gasteiger partial charge in [0.1, 0.15) is 17.7 Å². The smallest absolute Gasteiger partial charge is 0.407 e. The van der Waals surface area contributed by atoms with E-state index in [1.165, 1.54) is 14.2 Å². The summed E-state index contributed by atoms with van der Waals surface area (Å²) >= 11 is 0. The van der Waals surface area contributed by atoms with Gasteiger partial charge in [0.15, 0.2) is 0 Å². The minimum absolute atomic E-state index is 0.0263. The summed E-state index contributed by atoms with van der Waals surface area (Å²) in [6.45, 7) is 7.35. The number of hydrogen-bond donors (Lipinski definition) is 4. The molecule has 4 unspecified atom stereocenters. The summed E-state index contributed by atoms with van der Waals surface area (Å²) in [7, 11) is 2.60. The lowest BCUT2D eigenvalue weighted by atomic mass is 10.0. The van der Waals surface area contributed by atoms with Crippen LogP contribution in [0.3, 0.4) is 0 Å². The first-order chi connectivity index (χ1) is 23.1. The summed E-state index contributed by atoms with van der Waals surface area (Å²) < 4.78 is 9.35. The zero-order valence-corrected chi connectivity index (χ0v) is 28.2. The van der Waals surface area contributed by atoms with Crippen molar-refractivity contribution >= 4 is 24.0 Å². The number of amides is 4. The van der Waals surface area contributed by atoms with Crippen LogP contribution in [0.2, 0.25) is 0 Å². The Morgan fingerprint density at radius 3 is 1.88 bits per heavy atom. The van der Waals surface area contributed by atoms with Crippen LogP contribution in [0.5, 0.6) is 0 Å². The summed E-state index contributed by atoms with van der Waals surface area (Å²) in [6, 6.07) is 7.02. The van der Waals surface area contributed by atoms with E-state index in [1.807, 2.05) is 49.9 Å². The van der Waals surface area contributed by atoms with E-state index in [0.717, 1.165) is 54.0 Å². The Hall–Kier alpha value is -4.88. The van der Waals surface area contributed by atoms with Gasteiger partial charge in [-0.1, -0.05) is 45.0 Å². The molecule has 2 aromatic heterocycles. The van der Waals surface area contributed by atoms with Gasteiger partial charge in [-0.2, -0.15) is 0 Å². The van der Waals surface area contributed by atoms with E-state index in [4.69, 9.17) is 4.74 Å². The Balaban J connectivity index is 1.22. The van der Waals surface area contributed by atoms with Gasteiger partial charge >= 0.3 is 12.2 Å². The van der Waals surface area contributed by atoms with Crippen molar-refractivity contribution in [3.8, 4) is 22.5 Å². The molecule has 4 heterocycles. The number of aromatic amines is 2. The van der Waals surface area contributed by atoms with Gasteiger partial charge in [0, 0.05) is 26.1 Å². The number of imidazole rings is 2. The number of nitrogens with one attached hydrogen (secondary N) is 4. The molecule has 0 bridgehead atoms. The molecular formula is C34H46N8O6. The second kappa shape index (κ2) is 15.3. The van der Waals surface area contributed by atoms with E-state index in [1.54, 1.807) is 17.3 Å². The van der Waals surface area contributed by atoms with Crippen molar-refractivity contribution in [2.75, 3.05) is 33.9 Å². The van der Waals surface area contributed by atoms with Crippen molar-refractivity contribution in [1.29, 1.82) is 0 Å². The number of benzene rings is 1. The first-order valence-corrected chi connectivity index (χ1v) is 16.6. The van der Waals surface area contributed by atoms with Gasteiger partial charge in [0.25, 0.3) is 0 Å². The van der Waals surface area contributed by atoms with E-state index in [0.29, 0.717) is 31.9 Å². The summed E-state index contributed by atoms with van der Waals surface area (Å²) in [6.07, 6.45) is 6.13. The molecule has 0 radical (unpaired) electrons. The third-order valence-electron chi connectivity index (χ3n) is 9.13. The molecule has 0 aliphatic carbocycles. The van der Waals surface area contributed by atoms with Gasteiger partial charge in [-0.3, -0.25) is 9.59 Å². The Kier molecular flexibility index (Phi) is 11.0. The lowest BCUT2D eigenvalue weighted by molar-refractivity contribution is -0.135. The van der Waals surface area contributed by atoms with Crippen molar-refractivity contribution in [1.82, 2.24) is 40.4 Å². The second-order valence-electron chi connectivity index (χ2n) is 12.9. The minimum Gasteiger partial charge on any atom is -0.453 e. The predicted octanol–water partition coefficient (Wildman–Crippen LogP) is 4.56. The second-order valence-corrected chi connectivity index (χ2v) is 12.9. The van der Waals surface area contributed by atoms with Gasteiger partial charge in [0.05, 0.1) is 50.1 Å². The highest BCUT2D eigenvalue weighted by atomic mass is 16.5. The third-order valence-corrected chi connectivity index (χ3v) is 9.13. The summed E-state index contributed by atoms with van der Waals surface area (Å²) in [5.74, 6) is 1.24. The number of rotatable bonds is 11. The number of alkyl carbamates (subject to hydrolysis) is 2. The summed E-state index contributed by atoms with van der Waals surface area (Å²) in [4.78, 5) is 69.7. The number of aromatic nitrogens is 4. The maximum atomic E-state index is 13.5. The first-order valence-electron chi connectivity index (χ1n) is 16.6. The number of hydrogen-bond acceptors (Lipinski definition) is 8. The van der Waals surface area contributed by atoms with E-state index in [-0.39, 0.29) is 35.7 Å². The molecule has 48 heavy (non-hydrogen) atoms. The van der Waals surface area contributed by atoms with Crippen LogP contribution in [-0.2, 0) is 19.1 Å². The van der Waals surface area contributed by atoms with Crippen LogP contribution in [0.4, 0.5) is 9.59 Å². The molecule has 0 saturated carbocycles. The highest BCUT2D eigenvalue weighted by Crippen LogP contribution is 2.34. The average molecular weight is 663 g/mol. The highest BCUT2D eigenvalue weighted by molar-refractivity contribution is 5.86. The number of methoxy groups -OCH3 is 2. The van der Waals surface area contributed by atoms with Gasteiger partial charge in [-0.05, 0) is 48.6 Å². The fraction of sp³-hybridized carbons (Fsp3) is 0.529. The molecule has 14 heteroatoms. The summed E-state index contributed by atoms with van der Waals surface area (Å²) in [5, 5.41) is 5.34. The van der Waals surface area contributed by atoms with Crippen LogP contribution in [0.15, 0.2) is 36.7 Å². The molecule has 2 aliphatic rings. The van der Waals surface area contributed by atoms with Crippen LogP contribution in [0, 0.1) is 11.8 Å². The van der Waals surface area contributed by atoms with E-state index >= 15 is 0 Å².